The van der Waals surface area contributed by atoms with E-state index in [1.54, 1.807) is 0 Å². The quantitative estimate of drug-likeness (QED) is 0.166. The third kappa shape index (κ3) is 4.29. The minimum absolute atomic E-state index is 0.0300. The first kappa shape index (κ1) is 30.9. The summed E-state index contributed by atoms with van der Waals surface area (Å²) in [5.74, 6) is 0. The lowest BCUT2D eigenvalue weighted by Crippen LogP contribution is -2.14. The Morgan fingerprint density at radius 2 is 0.964 bits per heavy atom. The predicted molar refractivity (Wildman–Crippen MR) is 235 cm³/mol. The van der Waals surface area contributed by atoms with E-state index in [1.807, 2.05) is 11.3 Å². The van der Waals surface area contributed by atoms with Crippen LogP contribution in [0.2, 0.25) is 0 Å². The Morgan fingerprint density at radius 1 is 0.400 bits per heavy atom. The first-order chi connectivity index (χ1) is 27.0. The van der Waals surface area contributed by atoms with Gasteiger partial charge in [-0.1, -0.05) is 159 Å². The second-order valence-electron chi connectivity index (χ2n) is 15.5. The van der Waals surface area contributed by atoms with Crippen molar-refractivity contribution in [3.05, 3.63) is 181 Å². The fourth-order valence-corrected chi connectivity index (χ4v) is 11.0. The van der Waals surface area contributed by atoms with E-state index in [1.165, 1.54) is 108 Å². The molecule has 0 saturated carbocycles. The van der Waals surface area contributed by atoms with Gasteiger partial charge < -0.3 is 4.42 Å². The second-order valence-corrected chi connectivity index (χ2v) is 16.6. The van der Waals surface area contributed by atoms with Crippen LogP contribution in [0.5, 0.6) is 0 Å². The highest BCUT2D eigenvalue weighted by Crippen LogP contribution is 2.52. The minimum atomic E-state index is -0.0300. The van der Waals surface area contributed by atoms with Crippen LogP contribution in [0.3, 0.4) is 0 Å². The molecule has 2 aromatic heterocycles. The smallest absolute Gasteiger partial charge is 0.136 e. The van der Waals surface area contributed by atoms with Gasteiger partial charge in [0, 0.05) is 41.9 Å². The summed E-state index contributed by atoms with van der Waals surface area (Å²) < 4.78 is 9.25. The molecular formula is C53H34OS. The number of hydrogen-bond donors (Lipinski definition) is 0. The van der Waals surface area contributed by atoms with Crippen LogP contribution in [0.1, 0.15) is 25.0 Å². The average molecular weight is 719 g/mol. The summed E-state index contributed by atoms with van der Waals surface area (Å²) in [7, 11) is 0. The number of fused-ring (bicyclic) bond motifs is 12. The summed E-state index contributed by atoms with van der Waals surface area (Å²) >= 11 is 1.89. The van der Waals surface area contributed by atoms with Crippen molar-refractivity contribution in [2.24, 2.45) is 0 Å². The largest absolute Gasteiger partial charge is 0.456 e. The molecule has 55 heavy (non-hydrogen) atoms. The highest BCUT2D eigenvalue weighted by atomic mass is 32.1. The van der Waals surface area contributed by atoms with Crippen LogP contribution in [0, 0.1) is 0 Å². The fraction of sp³-hybridized carbons (Fsp3) is 0.0566. The van der Waals surface area contributed by atoms with Crippen LogP contribution < -0.4 is 0 Å². The van der Waals surface area contributed by atoms with Crippen LogP contribution in [0.15, 0.2) is 174 Å². The highest BCUT2D eigenvalue weighted by molar-refractivity contribution is 7.26. The van der Waals surface area contributed by atoms with Crippen molar-refractivity contribution in [3.8, 4) is 44.5 Å². The lowest BCUT2D eigenvalue weighted by Gasteiger charge is -2.22. The Morgan fingerprint density at radius 3 is 1.71 bits per heavy atom. The first-order valence-corrected chi connectivity index (χ1v) is 19.9. The van der Waals surface area contributed by atoms with Gasteiger partial charge >= 0.3 is 0 Å². The average Bonchev–Trinajstić information content (AvgIpc) is 3.87. The first-order valence-electron chi connectivity index (χ1n) is 19.1. The molecule has 0 aliphatic heterocycles. The van der Waals surface area contributed by atoms with E-state index in [-0.39, 0.29) is 5.41 Å². The Labute approximate surface area is 322 Å². The summed E-state index contributed by atoms with van der Waals surface area (Å²) in [5, 5.41) is 9.92. The van der Waals surface area contributed by atoms with Crippen molar-refractivity contribution >= 4 is 75.0 Å². The third-order valence-corrected chi connectivity index (χ3v) is 13.5. The van der Waals surface area contributed by atoms with Crippen LogP contribution in [-0.4, -0.2) is 0 Å². The van der Waals surface area contributed by atoms with Crippen LogP contribution in [0.4, 0.5) is 0 Å². The van der Waals surface area contributed by atoms with Crippen LogP contribution in [-0.2, 0) is 5.41 Å². The zero-order chi connectivity index (χ0) is 36.4. The van der Waals surface area contributed by atoms with E-state index in [0.29, 0.717) is 0 Å². The molecule has 0 bridgehead atoms. The van der Waals surface area contributed by atoms with Crippen molar-refractivity contribution in [1.82, 2.24) is 0 Å². The van der Waals surface area contributed by atoms with Gasteiger partial charge in [0.2, 0.25) is 0 Å². The molecule has 1 aliphatic rings. The normalized spacial score (nSPS) is 13.4. The Bertz CT molecular complexity index is 3340. The molecule has 12 rings (SSSR count). The Kier molecular flexibility index (Phi) is 6.34. The van der Waals surface area contributed by atoms with Gasteiger partial charge in [0.25, 0.3) is 0 Å². The maximum absolute atomic E-state index is 6.66. The highest BCUT2D eigenvalue weighted by Gasteiger charge is 2.35. The summed E-state index contributed by atoms with van der Waals surface area (Å²) in [6.07, 6.45) is 0. The van der Waals surface area contributed by atoms with Crippen molar-refractivity contribution < 1.29 is 4.42 Å². The number of benzene rings is 9. The van der Waals surface area contributed by atoms with E-state index in [4.69, 9.17) is 4.42 Å². The summed E-state index contributed by atoms with van der Waals surface area (Å²) in [5.41, 5.74) is 14.8. The Balaban J connectivity index is 1.07. The Hall–Kier alpha value is -6.48. The topological polar surface area (TPSA) is 13.1 Å². The summed E-state index contributed by atoms with van der Waals surface area (Å²) in [6, 6.07) is 62.7. The van der Waals surface area contributed by atoms with E-state index in [9.17, 15) is 0 Å². The van der Waals surface area contributed by atoms with Crippen LogP contribution >= 0.6 is 11.3 Å². The number of furan rings is 1. The van der Waals surface area contributed by atoms with E-state index < -0.39 is 0 Å². The predicted octanol–water partition coefficient (Wildman–Crippen LogP) is 15.6. The van der Waals surface area contributed by atoms with Crippen LogP contribution in [0.25, 0.3) is 108 Å². The van der Waals surface area contributed by atoms with Gasteiger partial charge in [-0.05, 0) is 95.9 Å². The monoisotopic (exact) mass is 718 g/mol. The van der Waals surface area contributed by atoms with Gasteiger partial charge in [-0.15, -0.1) is 11.3 Å². The molecule has 2 heteroatoms. The summed E-state index contributed by atoms with van der Waals surface area (Å²) in [6.45, 7) is 4.70. The molecule has 0 radical (unpaired) electrons. The number of thiophene rings is 1. The molecule has 2 heterocycles. The van der Waals surface area contributed by atoms with Crippen molar-refractivity contribution in [1.29, 1.82) is 0 Å². The zero-order valence-electron chi connectivity index (χ0n) is 30.5. The molecule has 0 N–H and O–H groups in total. The fourth-order valence-electron chi connectivity index (χ4n) is 9.73. The van der Waals surface area contributed by atoms with Crippen molar-refractivity contribution in [2.75, 3.05) is 0 Å². The maximum atomic E-state index is 6.66. The number of rotatable bonds is 3. The molecular weight excluding hydrogens is 685 g/mol. The van der Waals surface area contributed by atoms with Gasteiger partial charge in [-0.3, -0.25) is 0 Å². The third-order valence-electron chi connectivity index (χ3n) is 12.3. The number of para-hydroxylation sites is 1. The van der Waals surface area contributed by atoms with Gasteiger partial charge in [0.1, 0.15) is 11.2 Å². The minimum Gasteiger partial charge on any atom is -0.456 e. The van der Waals surface area contributed by atoms with Gasteiger partial charge in [0.15, 0.2) is 0 Å². The molecule has 9 aromatic carbocycles. The standard InChI is InChI=1S/C53H34OS/c1-53(2)43-20-10-7-13-34(43)35-28-27-33(29-44(35)53)31-23-25-32(26-24-31)48-36-14-3-5-16-38(36)49(39-17-6-4-15-37(39)48)42-30-46-50(40-18-8-11-21-45(40)54-46)51-41-19-9-12-22-47(41)55-52(42)51/h3-30H,1-2H3. The molecule has 1 nitrogen and oxygen atoms in total. The number of hydrogen-bond acceptors (Lipinski definition) is 2. The molecule has 0 fully saturated rings. The van der Waals surface area contributed by atoms with E-state index in [2.05, 4.69) is 184 Å². The molecule has 0 amide bonds. The van der Waals surface area contributed by atoms with Crippen molar-refractivity contribution in [2.45, 2.75) is 19.3 Å². The van der Waals surface area contributed by atoms with Gasteiger partial charge in [-0.25, -0.2) is 0 Å². The molecule has 0 unspecified atom stereocenters. The lowest BCUT2D eigenvalue weighted by molar-refractivity contribution is 0.660. The molecule has 11 aromatic rings. The SMILES string of the molecule is CC1(C)c2ccccc2-c2ccc(-c3ccc(-c4c5ccccc5c(-c5cc6oc7ccccc7c6c6c5sc5ccccc56)c5ccccc45)cc3)cc21. The van der Waals surface area contributed by atoms with Gasteiger partial charge in [-0.2, -0.15) is 0 Å². The zero-order valence-corrected chi connectivity index (χ0v) is 31.3. The molecule has 258 valence electrons. The maximum Gasteiger partial charge on any atom is 0.136 e. The molecule has 0 atom stereocenters. The second kappa shape index (κ2) is 11.3. The summed E-state index contributed by atoms with van der Waals surface area (Å²) in [4.78, 5) is 0. The molecule has 0 spiro atoms. The van der Waals surface area contributed by atoms with E-state index >= 15 is 0 Å². The van der Waals surface area contributed by atoms with Gasteiger partial charge in [0.05, 0.1) is 0 Å². The molecule has 1 aliphatic carbocycles. The molecule has 0 saturated heterocycles. The van der Waals surface area contributed by atoms with Crippen molar-refractivity contribution in [3.63, 3.8) is 0 Å². The lowest BCUT2D eigenvalue weighted by atomic mass is 9.81. The van der Waals surface area contributed by atoms with E-state index in [0.717, 1.165) is 11.2 Å².